The van der Waals surface area contributed by atoms with Gasteiger partial charge in [-0.25, -0.2) is 16.8 Å². The Morgan fingerprint density at radius 3 is 2.11 bits per heavy atom. The number of piperazine rings is 1. The Hall–Kier alpha value is -2.95. The maximum absolute atomic E-state index is 13.5. The number of nitrogens with two attached hydrogens (primary N) is 1. The highest BCUT2D eigenvalue weighted by Crippen LogP contribution is 2.28. The Morgan fingerprint density at radius 1 is 0.870 bits per heavy atom. The molecule has 3 aromatic rings. The molecule has 0 radical (unpaired) electrons. The van der Waals surface area contributed by atoms with Gasteiger partial charge in [-0.1, -0.05) is 29.3 Å². The number of halogens is 2. The normalized spacial score (nSPS) is 14.3. The summed E-state index contributed by atoms with van der Waals surface area (Å²) in [6.45, 7) is 4.60. The Morgan fingerprint density at radius 2 is 1.50 bits per heavy atom. The zero-order valence-electron chi connectivity index (χ0n) is 25.7. The molecule has 16 heteroatoms. The van der Waals surface area contributed by atoms with Crippen LogP contribution in [-0.4, -0.2) is 92.7 Å². The highest BCUT2D eigenvalue weighted by atomic mass is 35.5. The maximum Gasteiger partial charge on any atom is 0.257 e. The summed E-state index contributed by atoms with van der Waals surface area (Å²) in [6.07, 6.45) is 1.06. The van der Waals surface area contributed by atoms with Gasteiger partial charge in [0.05, 0.1) is 22.4 Å². The molecule has 0 atom stereocenters. The van der Waals surface area contributed by atoms with E-state index < -0.39 is 26.0 Å². The topological polar surface area (TPSA) is 157 Å². The van der Waals surface area contributed by atoms with Crippen molar-refractivity contribution in [2.75, 3.05) is 80.2 Å². The minimum absolute atomic E-state index is 0.0938. The van der Waals surface area contributed by atoms with Crippen LogP contribution in [-0.2, 0) is 26.6 Å². The van der Waals surface area contributed by atoms with E-state index in [1.54, 1.807) is 36.4 Å². The van der Waals surface area contributed by atoms with Gasteiger partial charge in [0.2, 0.25) is 20.0 Å². The molecule has 1 aliphatic rings. The zero-order chi connectivity index (χ0) is 33.5. The molecule has 1 saturated heterocycles. The molecule has 46 heavy (non-hydrogen) atoms. The van der Waals surface area contributed by atoms with Gasteiger partial charge in [0.15, 0.2) is 0 Å². The lowest BCUT2D eigenvalue weighted by Crippen LogP contribution is -2.48. The van der Waals surface area contributed by atoms with Crippen molar-refractivity contribution >= 4 is 66.2 Å². The van der Waals surface area contributed by atoms with E-state index in [4.69, 9.17) is 28.9 Å². The molecular weight excluding hydrogens is 673 g/mol. The first-order chi connectivity index (χ1) is 21.8. The van der Waals surface area contributed by atoms with Crippen LogP contribution < -0.4 is 30.9 Å². The molecule has 250 valence electrons. The minimum atomic E-state index is -3.79. The van der Waals surface area contributed by atoms with Crippen molar-refractivity contribution in [1.82, 2.24) is 14.9 Å². The standard InChI is InChI=1S/C30H39Cl2N7O5S2/c1-37(45(2,41)42)29-8-3-22(21-35-12-11-34-10-9-33)17-28(29)30(40)36-25-4-6-27(7-5-25)46(43,44)39-15-13-38(14-16-39)26-19-23(31)18-24(32)20-26/h3-8,17-20,34-35H,9-16,21,33H2,1-2H3,(H,36,40). The number of nitrogens with zero attached hydrogens (tertiary/aromatic N) is 3. The second-order valence-corrected chi connectivity index (χ2v) is 15.6. The van der Waals surface area contributed by atoms with Crippen LogP contribution >= 0.6 is 23.2 Å². The van der Waals surface area contributed by atoms with Crippen molar-refractivity contribution < 1.29 is 21.6 Å². The van der Waals surface area contributed by atoms with E-state index >= 15 is 0 Å². The molecule has 0 spiro atoms. The van der Waals surface area contributed by atoms with Crippen LogP contribution in [0.1, 0.15) is 15.9 Å². The quantitative estimate of drug-likeness (QED) is 0.185. The summed E-state index contributed by atoms with van der Waals surface area (Å²) < 4.78 is 53.9. The number of carbonyl (C=O) groups is 1. The number of rotatable bonds is 14. The van der Waals surface area contributed by atoms with Gasteiger partial charge in [0.1, 0.15) is 0 Å². The van der Waals surface area contributed by atoms with Crippen LogP contribution in [0.3, 0.4) is 0 Å². The maximum atomic E-state index is 13.5. The van der Waals surface area contributed by atoms with Gasteiger partial charge in [-0.05, 0) is 60.2 Å². The Labute approximate surface area is 280 Å². The Bertz CT molecular complexity index is 1710. The molecule has 1 amide bonds. The van der Waals surface area contributed by atoms with Gasteiger partial charge >= 0.3 is 0 Å². The van der Waals surface area contributed by atoms with Crippen molar-refractivity contribution in [3.8, 4) is 0 Å². The lowest BCUT2D eigenvalue weighted by atomic mass is 10.1. The van der Waals surface area contributed by atoms with E-state index in [1.165, 1.54) is 35.6 Å². The number of carbonyl (C=O) groups excluding carboxylic acids is 1. The fraction of sp³-hybridized carbons (Fsp3) is 0.367. The molecule has 12 nitrogen and oxygen atoms in total. The van der Waals surface area contributed by atoms with Crippen molar-refractivity contribution in [2.24, 2.45) is 5.73 Å². The molecule has 0 aliphatic carbocycles. The van der Waals surface area contributed by atoms with Gasteiger partial charge in [-0.3, -0.25) is 9.10 Å². The molecule has 1 fully saturated rings. The van der Waals surface area contributed by atoms with E-state index in [0.29, 0.717) is 55.0 Å². The summed E-state index contributed by atoms with van der Waals surface area (Å²) in [6, 6.07) is 16.1. The Kier molecular flexibility index (Phi) is 12.3. The molecule has 1 aliphatic heterocycles. The van der Waals surface area contributed by atoms with Crippen molar-refractivity contribution in [2.45, 2.75) is 11.4 Å². The number of amides is 1. The second-order valence-electron chi connectivity index (χ2n) is 10.8. The number of benzene rings is 3. The average Bonchev–Trinajstić information content (AvgIpc) is 3.01. The number of hydrogen-bond donors (Lipinski definition) is 4. The summed E-state index contributed by atoms with van der Waals surface area (Å²) in [7, 11) is -6.06. The Balaban J connectivity index is 1.44. The highest BCUT2D eigenvalue weighted by molar-refractivity contribution is 7.92. The smallest absolute Gasteiger partial charge is 0.257 e. The summed E-state index contributed by atoms with van der Waals surface area (Å²) in [4.78, 5) is 15.6. The average molecular weight is 713 g/mol. The van der Waals surface area contributed by atoms with E-state index in [-0.39, 0.29) is 29.2 Å². The van der Waals surface area contributed by atoms with E-state index in [0.717, 1.165) is 28.4 Å². The summed E-state index contributed by atoms with van der Waals surface area (Å²) in [5.41, 5.74) is 7.83. The summed E-state index contributed by atoms with van der Waals surface area (Å²) in [5.74, 6) is -0.537. The molecule has 0 aromatic heterocycles. The lowest BCUT2D eigenvalue weighted by Gasteiger charge is -2.35. The molecule has 5 N–H and O–H groups in total. The summed E-state index contributed by atoms with van der Waals surface area (Å²) >= 11 is 12.3. The van der Waals surface area contributed by atoms with Crippen LogP contribution in [0.15, 0.2) is 65.6 Å². The lowest BCUT2D eigenvalue weighted by molar-refractivity contribution is 0.102. The van der Waals surface area contributed by atoms with Crippen LogP contribution in [0.25, 0.3) is 0 Å². The summed E-state index contributed by atoms with van der Waals surface area (Å²) in [5, 5.41) is 10.3. The van der Waals surface area contributed by atoms with Crippen LogP contribution in [0.5, 0.6) is 0 Å². The van der Waals surface area contributed by atoms with Gasteiger partial charge in [0.25, 0.3) is 5.91 Å². The van der Waals surface area contributed by atoms with Crippen molar-refractivity contribution in [3.05, 3.63) is 81.8 Å². The first-order valence-electron chi connectivity index (χ1n) is 14.6. The van der Waals surface area contributed by atoms with Gasteiger partial charge < -0.3 is 26.6 Å². The number of hydrogen-bond acceptors (Lipinski definition) is 9. The first kappa shape index (κ1) is 35.9. The third-order valence-electron chi connectivity index (χ3n) is 7.47. The molecule has 0 bridgehead atoms. The van der Waals surface area contributed by atoms with E-state index in [1.807, 2.05) is 4.90 Å². The third-order valence-corrected chi connectivity index (χ3v) is 11.0. The zero-order valence-corrected chi connectivity index (χ0v) is 28.8. The number of sulfonamides is 2. The van der Waals surface area contributed by atoms with Crippen LogP contribution in [0.4, 0.5) is 17.1 Å². The van der Waals surface area contributed by atoms with E-state index in [9.17, 15) is 21.6 Å². The largest absolute Gasteiger partial charge is 0.369 e. The van der Waals surface area contributed by atoms with Crippen LogP contribution in [0, 0.1) is 0 Å². The van der Waals surface area contributed by atoms with Crippen molar-refractivity contribution in [3.63, 3.8) is 0 Å². The molecule has 1 heterocycles. The third kappa shape index (κ3) is 9.32. The van der Waals surface area contributed by atoms with Gasteiger partial charge in [0, 0.05) is 87.4 Å². The SMILES string of the molecule is CN(c1ccc(CNCCNCCN)cc1C(=O)Nc1ccc(S(=O)(=O)N2CCN(c3cc(Cl)cc(Cl)c3)CC2)cc1)S(C)(=O)=O. The number of nitrogens with one attached hydrogen (secondary N) is 3. The predicted molar refractivity (Wildman–Crippen MR) is 185 cm³/mol. The first-order valence-corrected chi connectivity index (χ1v) is 18.6. The van der Waals surface area contributed by atoms with Crippen molar-refractivity contribution in [1.29, 1.82) is 0 Å². The van der Waals surface area contributed by atoms with Gasteiger partial charge in [-0.2, -0.15) is 4.31 Å². The second kappa shape index (κ2) is 15.8. The molecule has 0 saturated carbocycles. The fourth-order valence-electron chi connectivity index (χ4n) is 4.93. The molecular formula is C30H39Cl2N7O5S2. The van der Waals surface area contributed by atoms with E-state index in [2.05, 4.69) is 16.0 Å². The highest BCUT2D eigenvalue weighted by Gasteiger charge is 2.29. The molecule has 3 aromatic carbocycles. The molecule has 4 rings (SSSR count). The predicted octanol–water partition coefficient (Wildman–Crippen LogP) is 2.79. The molecule has 0 unspecified atom stereocenters. The minimum Gasteiger partial charge on any atom is -0.369 e. The fourth-order valence-corrected chi connectivity index (χ4v) is 7.38. The monoisotopic (exact) mass is 711 g/mol. The van der Waals surface area contributed by atoms with Crippen LogP contribution in [0.2, 0.25) is 10.0 Å². The number of anilines is 3. The van der Waals surface area contributed by atoms with Gasteiger partial charge in [-0.15, -0.1) is 0 Å².